The van der Waals surface area contributed by atoms with Crippen LogP contribution in [0.3, 0.4) is 0 Å². The first kappa shape index (κ1) is 20.1. The molecule has 0 radical (unpaired) electrons. The average molecular weight is 401 g/mol. The molecule has 28 heavy (non-hydrogen) atoms. The molecule has 0 aliphatic heterocycles. The van der Waals surface area contributed by atoms with E-state index in [0.717, 1.165) is 29.5 Å². The van der Waals surface area contributed by atoms with Crippen LogP contribution in [0.15, 0.2) is 23.6 Å². The van der Waals surface area contributed by atoms with Gasteiger partial charge in [0.25, 0.3) is 5.91 Å². The molecule has 0 spiro atoms. The van der Waals surface area contributed by atoms with E-state index in [9.17, 15) is 19.5 Å². The van der Waals surface area contributed by atoms with Crippen LogP contribution in [-0.2, 0) is 9.59 Å². The Hall–Kier alpha value is -2.67. The van der Waals surface area contributed by atoms with E-state index < -0.39 is 23.7 Å². The van der Waals surface area contributed by atoms with E-state index in [4.69, 9.17) is 5.73 Å². The van der Waals surface area contributed by atoms with Gasteiger partial charge in [-0.1, -0.05) is 31.0 Å². The summed E-state index contributed by atoms with van der Waals surface area (Å²) in [5.74, 6) is -3.22. The summed E-state index contributed by atoms with van der Waals surface area (Å²) in [6, 6.07) is 5.88. The minimum atomic E-state index is -0.947. The van der Waals surface area contributed by atoms with Crippen LogP contribution in [0.5, 0.6) is 0 Å². The van der Waals surface area contributed by atoms with E-state index in [2.05, 4.69) is 5.32 Å². The maximum absolute atomic E-state index is 12.8. The highest BCUT2D eigenvalue weighted by atomic mass is 32.1. The van der Waals surface area contributed by atoms with Crippen molar-refractivity contribution in [2.45, 2.75) is 39.5 Å². The molecule has 1 heterocycles. The van der Waals surface area contributed by atoms with Gasteiger partial charge < -0.3 is 16.2 Å². The summed E-state index contributed by atoms with van der Waals surface area (Å²) in [7, 11) is 0. The van der Waals surface area contributed by atoms with Crippen LogP contribution in [0.2, 0.25) is 0 Å². The lowest BCUT2D eigenvalue weighted by molar-refractivity contribution is -0.147. The van der Waals surface area contributed by atoms with Crippen LogP contribution in [0, 0.1) is 25.7 Å². The largest absolute Gasteiger partial charge is 0.481 e. The Balaban J connectivity index is 1.91. The molecule has 3 rings (SSSR count). The van der Waals surface area contributed by atoms with Gasteiger partial charge >= 0.3 is 5.97 Å². The molecule has 1 aromatic heterocycles. The van der Waals surface area contributed by atoms with Gasteiger partial charge in [-0.3, -0.25) is 14.4 Å². The zero-order valence-electron chi connectivity index (χ0n) is 16.0. The molecule has 1 aliphatic rings. The molecule has 0 unspecified atom stereocenters. The fraction of sp³-hybridized carbons (Fsp3) is 0.381. The number of nitrogens with one attached hydrogen (secondary N) is 1. The average Bonchev–Trinajstić information content (AvgIpc) is 3.07. The third-order valence-corrected chi connectivity index (χ3v) is 6.41. The van der Waals surface area contributed by atoms with Crippen molar-refractivity contribution in [1.29, 1.82) is 0 Å². The smallest absolute Gasteiger partial charge is 0.307 e. The molecule has 148 valence electrons. The first-order valence-corrected chi connectivity index (χ1v) is 10.2. The topological polar surface area (TPSA) is 109 Å². The summed E-state index contributed by atoms with van der Waals surface area (Å²) in [5, 5.41) is 14.4. The monoisotopic (exact) mass is 400 g/mol. The minimum Gasteiger partial charge on any atom is -0.481 e. The van der Waals surface area contributed by atoms with Crippen molar-refractivity contribution in [3.63, 3.8) is 0 Å². The number of anilines is 1. The lowest BCUT2D eigenvalue weighted by atomic mass is 9.78. The van der Waals surface area contributed by atoms with Crippen molar-refractivity contribution in [1.82, 2.24) is 0 Å². The first-order valence-electron chi connectivity index (χ1n) is 9.32. The molecule has 0 bridgehead atoms. The van der Waals surface area contributed by atoms with E-state index >= 15 is 0 Å². The summed E-state index contributed by atoms with van der Waals surface area (Å²) in [5.41, 5.74) is 9.65. The number of aliphatic carboxylic acids is 1. The maximum atomic E-state index is 12.8. The zero-order valence-corrected chi connectivity index (χ0v) is 16.8. The van der Waals surface area contributed by atoms with Crippen LogP contribution in [0.25, 0.3) is 11.1 Å². The molecule has 2 amide bonds. The second-order valence-corrected chi connectivity index (χ2v) is 8.22. The molecule has 1 fully saturated rings. The molecule has 2 atom stereocenters. The third kappa shape index (κ3) is 3.94. The number of carbonyl (C=O) groups is 3. The van der Waals surface area contributed by atoms with Crippen LogP contribution >= 0.6 is 11.3 Å². The van der Waals surface area contributed by atoms with Crippen molar-refractivity contribution >= 4 is 34.1 Å². The van der Waals surface area contributed by atoms with E-state index in [1.165, 1.54) is 11.3 Å². The van der Waals surface area contributed by atoms with Gasteiger partial charge in [0.1, 0.15) is 5.00 Å². The van der Waals surface area contributed by atoms with E-state index in [1.54, 1.807) is 5.38 Å². The second-order valence-electron chi connectivity index (χ2n) is 7.34. The van der Waals surface area contributed by atoms with Crippen LogP contribution in [-0.4, -0.2) is 22.9 Å². The highest BCUT2D eigenvalue weighted by molar-refractivity contribution is 7.15. The summed E-state index contributed by atoms with van der Waals surface area (Å²) >= 11 is 1.23. The number of aryl methyl sites for hydroxylation is 2. The standard InChI is InChI=1S/C21H24N2O4S/c1-11-7-8-13(9-12(11)2)16-10-28-20(17(16)18(22)24)23-19(25)14-5-3-4-6-15(14)21(26)27/h7-10,14-15H,3-6H2,1-2H3,(H2,22,24)(H,23,25)(H,26,27)/t14-,15+/m0/s1. The minimum absolute atomic E-state index is 0.268. The molecule has 1 aromatic carbocycles. The quantitative estimate of drug-likeness (QED) is 0.705. The maximum Gasteiger partial charge on any atom is 0.307 e. The van der Waals surface area contributed by atoms with Crippen molar-refractivity contribution < 1.29 is 19.5 Å². The van der Waals surface area contributed by atoms with Crippen LogP contribution in [0.1, 0.15) is 47.2 Å². The number of hydrogen-bond acceptors (Lipinski definition) is 4. The van der Waals surface area contributed by atoms with Gasteiger partial charge in [-0.2, -0.15) is 0 Å². The van der Waals surface area contributed by atoms with Crippen molar-refractivity contribution in [3.8, 4) is 11.1 Å². The molecule has 2 aromatic rings. The molecule has 1 saturated carbocycles. The number of primary amides is 1. The normalized spacial score (nSPS) is 19.2. The second kappa shape index (κ2) is 8.14. The van der Waals surface area contributed by atoms with Gasteiger partial charge in [0.15, 0.2) is 0 Å². The Morgan fingerprint density at radius 1 is 1.11 bits per heavy atom. The van der Waals surface area contributed by atoms with Gasteiger partial charge in [0, 0.05) is 10.9 Å². The van der Waals surface area contributed by atoms with E-state index in [0.29, 0.717) is 23.4 Å². The molecule has 6 nitrogen and oxygen atoms in total. The Kier molecular flexibility index (Phi) is 5.84. The first-order chi connectivity index (χ1) is 13.3. The molecular formula is C21H24N2O4S. The number of nitrogens with two attached hydrogens (primary N) is 1. The lowest BCUT2D eigenvalue weighted by Gasteiger charge is -2.27. The van der Waals surface area contributed by atoms with E-state index in [-0.39, 0.29) is 11.5 Å². The molecule has 7 heteroatoms. The lowest BCUT2D eigenvalue weighted by Crippen LogP contribution is -2.36. The summed E-state index contributed by atoms with van der Waals surface area (Å²) < 4.78 is 0. The van der Waals surface area contributed by atoms with Gasteiger partial charge in [-0.05, 0) is 43.4 Å². The summed E-state index contributed by atoms with van der Waals surface area (Å²) in [4.78, 5) is 36.4. The number of hydrogen-bond donors (Lipinski definition) is 3. The number of thiophene rings is 1. The fourth-order valence-corrected chi connectivity index (χ4v) is 4.74. The molecule has 1 aliphatic carbocycles. The Labute approximate surface area is 167 Å². The van der Waals surface area contributed by atoms with Crippen LogP contribution < -0.4 is 11.1 Å². The van der Waals surface area contributed by atoms with Gasteiger partial charge in [0.2, 0.25) is 5.91 Å². The third-order valence-electron chi connectivity index (χ3n) is 5.51. The number of carbonyl (C=O) groups excluding carboxylic acids is 2. The number of carboxylic acids is 1. The Bertz CT molecular complexity index is 934. The fourth-order valence-electron chi connectivity index (χ4n) is 3.76. The highest BCUT2D eigenvalue weighted by Gasteiger charge is 2.36. The van der Waals surface area contributed by atoms with Crippen LogP contribution in [0.4, 0.5) is 5.00 Å². The zero-order chi connectivity index (χ0) is 20.4. The molecular weight excluding hydrogens is 376 g/mol. The summed E-state index contributed by atoms with van der Waals surface area (Å²) in [6.07, 6.45) is 2.66. The Morgan fingerprint density at radius 3 is 2.39 bits per heavy atom. The SMILES string of the molecule is Cc1ccc(-c2csc(NC(=O)[C@H]3CCCC[C@H]3C(=O)O)c2C(N)=O)cc1C. The van der Waals surface area contributed by atoms with Gasteiger partial charge in [-0.25, -0.2) is 0 Å². The molecule has 4 N–H and O–H groups in total. The van der Waals surface area contributed by atoms with Crippen molar-refractivity contribution in [3.05, 3.63) is 40.3 Å². The number of benzene rings is 1. The van der Waals surface area contributed by atoms with Gasteiger partial charge in [-0.15, -0.1) is 11.3 Å². The highest BCUT2D eigenvalue weighted by Crippen LogP contribution is 2.37. The van der Waals surface area contributed by atoms with E-state index in [1.807, 2.05) is 32.0 Å². The van der Waals surface area contributed by atoms with Crippen molar-refractivity contribution in [2.75, 3.05) is 5.32 Å². The predicted molar refractivity (Wildman–Crippen MR) is 109 cm³/mol. The van der Waals surface area contributed by atoms with Gasteiger partial charge in [0.05, 0.1) is 17.4 Å². The number of carboxylic acid groups (broad SMARTS) is 1. The molecule has 0 saturated heterocycles. The summed E-state index contributed by atoms with van der Waals surface area (Å²) in [6.45, 7) is 4.00. The van der Waals surface area contributed by atoms with Crippen molar-refractivity contribution in [2.24, 2.45) is 17.6 Å². The Morgan fingerprint density at radius 2 is 1.79 bits per heavy atom. The number of rotatable bonds is 5. The predicted octanol–water partition coefficient (Wildman–Crippen LogP) is 3.96. The number of amides is 2.